The Morgan fingerprint density at radius 3 is 1.12 bits per heavy atom. The van der Waals surface area contributed by atoms with Crippen LogP contribution in [0.3, 0.4) is 0 Å². The van der Waals surface area contributed by atoms with Gasteiger partial charge >= 0.3 is 0 Å². The first-order chi connectivity index (χ1) is 28.8. The molecular weight excluding hydrogens is 703 g/mol. The van der Waals surface area contributed by atoms with Crippen LogP contribution in [0.1, 0.15) is 0 Å². The van der Waals surface area contributed by atoms with Crippen LogP contribution < -0.4 is 4.90 Å². The van der Waals surface area contributed by atoms with E-state index >= 15 is 0 Å². The number of nitrogens with zero attached hydrogens (tertiary/aromatic N) is 3. The third-order valence-corrected chi connectivity index (χ3v) is 10.9. The van der Waals surface area contributed by atoms with Crippen molar-refractivity contribution in [2.75, 3.05) is 4.90 Å². The van der Waals surface area contributed by atoms with E-state index in [-0.39, 0.29) is 0 Å². The molecule has 0 amide bonds. The van der Waals surface area contributed by atoms with Crippen LogP contribution in [-0.2, 0) is 0 Å². The molecule has 0 aliphatic rings. The summed E-state index contributed by atoms with van der Waals surface area (Å²) in [5, 5.41) is 1.13. The molecule has 0 aliphatic heterocycles. The van der Waals surface area contributed by atoms with E-state index in [2.05, 4.69) is 239 Å². The molecule has 0 radical (unpaired) electrons. The smallest absolute Gasteiger partial charge is 0.0620 e. The maximum absolute atomic E-state index is 4.57. The van der Waals surface area contributed by atoms with Crippen molar-refractivity contribution in [2.24, 2.45) is 0 Å². The molecule has 8 aromatic carbocycles. The normalized spacial score (nSPS) is 11.1. The molecular formula is C55H39N3. The Bertz CT molecular complexity index is 2840. The van der Waals surface area contributed by atoms with Gasteiger partial charge in [-0.05, 0) is 99.1 Å². The molecule has 0 spiro atoms. The Hall–Kier alpha value is -7.75. The maximum Gasteiger partial charge on any atom is 0.0620 e. The number of anilines is 3. The number of hydrogen-bond acceptors (Lipinski definition) is 2. The van der Waals surface area contributed by atoms with Crippen molar-refractivity contribution in [1.29, 1.82) is 0 Å². The number of benzene rings is 8. The molecule has 0 atom stereocenters. The van der Waals surface area contributed by atoms with E-state index in [1.165, 1.54) is 33.4 Å². The summed E-state index contributed by atoms with van der Waals surface area (Å²) >= 11 is 0. The molecule has 58 heavy (non-hydrogen) atoms. The third-order valence-electron chi connectivity index (χ3n) is 10.9. The molecule has 0 N–H and O–H groups in total. The number of aromatic nitrogens is 2. The average Bonchev–Trinajstić information content (AvgIpc) is 3.66. The highest BCUT2D eigenvalue weighted by molar-refractivity contribution is 6.05. The van der Waals surface area contributed by atoms with Gasteiger partial charge in [0.2, 0.25) is 0 Å². The lowest BCUT2D eigenvalue weighted by Gasteiger charge is -2.26. The lowest BCUT2D eigenvalue weighted by Crippen LogP contribution is -2.09. The van der Waals surface area contributed by atoms with Crippen molar-refractivity contribution in [2.45, 2.75) is 0 Å². The van der Waals surface area contributed by atoms with Crippen LogP contribution in [0.2, 0.25) is 0 Å². The van der Waals surface area contributed by atoms with E-state index in [1.54, 1.807) is 0 Å². The predicted molar refractivity (Wildman–Crippen MR) is 243 cm³/mol. The molecule has 10 aromatic rings. The van der Waals surface area contributed by atoms with E-state index in [9.17, 15) is 0 Å². The Labute approximate surface area is 339 Å². The highest BCUT2D eigenvalue weighted by Crippen LogP contribution is 2.43. The van der Waals surface area contributed by atoms with E-state index in [0.717, 1.165) is 56.0 Å². The monoisotopic (exact) mass is 741 g/mol. The first kappa shape index (κ1) is 34.7. The molecule has 0 bridgehead atoms. The van der Waals surface area contributed by atoms with Crippen molar-refractivity contribution in [3.05, 3.63) is 237 Å². The summed E-state index contributed by atoms with van der Waals surface area (Å²) in [6, 6.07) is 80.1. The van der Waals surface area contributed by atoms with E-state index < -0.39 is 0 Å². The lowest BCUT2D eigenvalue weighted by molar-refractivity contribution is 1.13. The second kappa shape index (κ2) is 15.4. The highest BCUT2D eigenvalue weighted by Gasteiger charge is 2.21. The van der Waals surface area contributed by atoms with Crippen molar-refractivity contribution in [3.8, 4) is 61.5 Å². The SMILES string of the molecule is c1ccc(-c2ccc(N(c3ccc(-c4ccccc4)cc3)c3ccc(-c4ccc(-n5c(-c6ccccc6)c(-c6ccccc6)c6cnccc65)cc4)cc3)cc2)cc1. The third kappa shape index (κ3) is 6.65. The quantitative estimate of drug-likeness (QED) is 0.147. The standard InChI is InChI=1S/C55H39N3/c1-5-13-40(14-6-1)42-21-29-48(30-22-42)57(49-31-23-43(24-32-49)41-15-7-2-8-16-41)50-33-25-44(26-34-50)45-27-35-51(36-28-45)58-53-37-38-56-39-52(53)54(46-17-9-3-10-18-46)55(58)47-19-11-4-12-20-47/h1-39H. The fourth-order valence-electron chi connectivity index (χ4n) is 8.09. The number of fused-ring (bicyclic) bond motifs is 1. The van der Waals surface area contributed by atoms with Gasteiger partial charge in [0.05, 0.1) is 11.2 Å². The molecule has 10 rings (SSSR count). The van der Waals surface area contributed by atoms with E-state index in [1.807, 2.05) is 12.4 Å². The predicted octanol–water partition coefficient (Wildman–Crippen LogP) is 14.8. The number of hydrogen-bond donors (Lipinski definition) is 0. The zero-order valence-electron chi connectivity index (χ0n) is 31.9. The topological polar surface area (TPSA) is 21.1 Å². The van der Waals surface area contributed by atoms with Crippen LogP contribution in [0.5, 0.6) is 0 Å². The minimum Gasteiger partial charge on any atom is -0.311 e. The van der Waals surface area contributed by atoms with Gasteiger partial charge in [-0.2, -0.15) is 0 Å². The van der Waals surface area contributed by atoms with Gasteiger partial charge in [0.15, 0.2) is 0 Å². The molecule has 0 aliphatic carbocycles. The molecule has 0 fully saturated rings. The molecule has 2 heterocycles. The van der Waals surface area contributed by atoms with Gasteiger partial charge in [-0.15, -0.1) is 0 Å². The van der Waals surface area contributed by atoms with Gasteiger partial charge in [0.25, 0.3) is 0 Å². The van der Waals surface area contributed by atoms with Crippen LogP contribution in [0.15, 0.2) is 237 Å². The summed E-state index contributed by atoms with van der Waals surface area (Å²) in [5.41, 5.74) is 17.3. The van der Waals surface area contributed by atoms with Gasteiger partial charge < -0.3 is 9.47 Å². The molecule has 274 valence electrons. The second-order valence-corrected chi connectivity index (χ2v) is 14.4. The molecule has 3 heteroatoms. The summed E-state index contributed by atoms with van der Waals surface area (Å²) in [4.78, 5) is 6.90. The Balaban J connectivity index is 1.01. The summed E-state index contributed by atoms with van der Waals surface area (Å²) in [5.74, 6) is 0. The largest absolute Gasteiger partial charge is 0.311 e. The minimum absolute atomic E-state index is 1.09. The lowest BCUT2D eigenvalue weighted by atomic mass is 9.99. The number of rotatable bonds is 9. The summed E-state index contributed by atoms with van der Waals surface area (Å²) in [6.45, 7) is 0. The van der Waals surface area contributed by atoms with Crippen LogP contribution in [0, 0.1) is 0 Å². The molecule has 0 unspecified atom stereocenters. The van der Waals surface area contributed by atoms with Crippen molar-refractivity contribution in [3.63, 3.8) is 0 Å². The van der Waals surface area contributed by atoms with Gasteiger partial charge in [-0.3, -0.25) is 4.98 Å². The molecule has 0 saturated carbocycles. The zero-order valence-corrected chi connectivity index (χ0v) is 31.9. The van der Waals surface area contributed by atoms with Crippen molar-refractivity contribution < 1.29 is 0 Å². The molecule has 0 saturated heterocycles. The first-order valence-corrected chi connectivity index (χ1v) is 19.7. The molecule has 2 aromatic heterocycles. The highest BCUT2D eigenvalue weighted by atomic mass is 15.1. The average molecular weight is 742 g/mol. The van der Waals surface area contributed by atoms with Crippen molar-refractivity contribution in [1.82, 2.24) is 9.55 Å². The van der Waals surface area contributed by atoms with Gasteiger partial charge in [-0.1, -0.05) is 170 Å². The zero-order chi connectivity index (χ0) is 38.7. The second-order valence-electron chi connectivity index (χ2n) is 14.4. The Morgan fingerprint density at radius 2 is 0.690 bits per heavy atom. The van der Waals surface area contributed by atoms with Gasteiger partial charge in [0, 0.05) is 46.1 Å². The Kier molecular flexibility index (Phi) is 9.23. The van der Waals surface area contributed by atoms with E-state index in [0.29, 0.717) is 0 Å². The number of pyridine rings is 1. The van der Waals surface area contributed by atoms with Gasteiger partial charge in [-0.25, -0.2) is 0 Å². The van der Waals surface area contributed by atoms with Crippen LogP contribution in [0.25, 0.3) is 72.4 Å². The van der Waals surface area contributed by atoms with Crippen LogP contribution in [0.4, 0.5) is 17.1 Å². The first-order valence-electron chi connectivity index (χ1n) is 19.7. The van der Waals surface area contributed by atoms with Crippen LogP contribution >= 0.6 is 0 Å². The summed E-state index contributed by atoms with van der Waals surface area (Å²) in [7, 11) is 0. The van der Waals surface area contributed by atoms with Crippen LogP contribution in [-0.4, -0.2) is 9.55 Å². The summed E-state index contributed by atoms with van der Waals surface area (Å²) in [6.07, 6.45) is 3.88. The summed E-state index contributed by atoms with van der Waals surface area (Å²) < 4.78 is 2.38. The van der Waals surface area contributed by atoms with Gasteiger partial charge in [0.1, 0.15) is 0 Å². The maximum atomic E-state index is 4.57. The van der Waals surface area contributed by atoms with E-state index in [4.69, 9.17) is 0 Å². The Morgan fingerprint density at radius 1 is 0.328 bits per heavy atom. The van der Waals surface area contributed by atoms with Crippen molar-refractivity contribution >= 4 is 28.0 Å². The fourth-order valence-corrected chi connectivity index (χ4v) is 8.09. The fraction of sp³-hybridized carbons (Fsp3) is 0. The minimum atomic E-state index is 1.09. The molecule has 3 nitrogen and oxygen atoms in total.